The maximum Gasteiger partial charge on any atom is 0.115 e. The normalized spacial score (nSPS) is 36.0. The van der Waals surface area contributed by atoms with Crippen molar-refractivity contribution in [2.75, 3.05) is 26.4 Å². The third-order valence-electron chi connectivity index (χ3n) is 2.48. The molecule has 0 radical (unpaired) electrons. The Labute approximate surface area is 89.9 Å². The fourth-order valence-electron chi connectivity index (χ4n) is 1.89. The molecule has 0 amide bonds. The fraction of sp³-hybridized carbons (Fsp3) is 1.00. The molecule has 15 heavy (non-hydrogen) atoms. The third-order valence-corrected chi connectivity index (χ3v) is 2.48. The lowest BCUT2D eigenvalue weighted by molar-refractivity contribution is -0.0675. The van der Waals surface area contributed by atoms with Gasteiger partial charge in [-0.2, -0.15) is 0 Å². The van der Waals surface area contributed by atoms with Crippen molar-refractivity contribution in [3.63, 3.8) is 0 Å². The SMILES string of the molecule is CCO[C@H]1[C@H](OCC)[C@@H](CO)O[C@H]1CO. The first kappa shape index (κ1) is 12.9. The van der Waals surface area contributed by atoms with Gasteiger partial charge in [-0.05, 0) is 13.8 Å². The zero-order valence-corrected chi connectivity index (χ0v) is 9.26. The summed E-state index contributed by atoms with van der Waals surface area (Å²) in [6.45, 7) is 4.58. The Kier molecular flexibility index (Phi) is 5.49. The lowest BCUT2D eigenvalue weighted by Gasteiger charge is -2.22. The Morgan fingerprint density at radius 3 is 1.60 bits per heavy atom. The van der Waals surface area contributed by atoms with Gasteiger partial charge in [0.25, 0.3) is 0 Å². The van der Waals surface area contributed by atoms with E-state index in [-0.39, 0.29) is 25.4 Å². The molecule has 0 spiro atoms. The van der Waals surface area contributed by atoms with E-state index in [4.69, 9.17) is 24.4 Å². The number of aliphatic hydroxyl groups is 2. The molecule has 90 valence electrons. The van der Waals surface area contributed by atoms with Crippen LogP contribution in [0.4, 0.5) is 0 Å². The summed E-state index contributed by atoms with van der Waals surface area (Å²) in [5.41, 5.74) is 0. The number of aliphatic hydroxyl groups excluding tert-OH is 2. The van der Waals surface area contributed by atoms with Gasteiger partial charge in [0.15, 0.2) is 0 Å². The minimum atomic E-state index is -0.404. The molecule has 0 unspecified atom stereocenters. The topological polar surface area (TPSA) is 68.2 Å². The maximum atomic E-state index is 9.12. The van der Waals surface area contributed by atoms with Crippen molar-refractivity contribution < 1.29 is 24.4 Å². The van der Waals surface area contributed by atoms with Crippen LogP contribution in [0.2, 0.25) is 0 Å². The van der Waals surface area contributed by atoms with E-state index in [9.17, 15) is 0 Å². The summed E-state index contributed by atoms with van der Waals surface area (Å²) in [4.78, 5) is 0. The summed E-state index contributed by atoms with van der Waals surface area (Å²) < 4.78 is 16.4. The molecule has 4 atom stereocenters. The number of hydrogen-bond donors (Lipinski definition) is 2. The van der Waals surface area contributed by atoms with Crippen molar-refractivity contribution >= 4 is 0 Å². The molecule has 5 heteroatoms. The fourth-order valence-corrected chi connectivity index (χ4v) is 1.89. The van der Waals surface area contributed by atoms with E-state index in [1.807, 2.05) is 13.8 Å². The monoisotopic (exact) mass is 220 g/mol. The number of ether oxygens (including phenoxy) is 3. The quantitative estimate of drug-likeness (QED) is 0.634. The molecule has 0 aromatic rings. The van der Waals surface area contributed by atoms with Crippen molar-refractivity contribution in [1.29, 1.82) is 0 Å². The second kappa shape index (κ2) is 6.40. The number of rotatable bonds is 6. The van der Waals surface area contributed by atoms with E-state index < -0.39 is 12.2 Å². The van der Waals surface area contributed by atoms with E-state index >= 15 is 0 Å². The van der Waals surface area contributed by atoms with Crippen LogP contribution in [0.25, 0.3) is 0 Å². The van der Waals surface area contributed by atoms with Gasteiger partial charge < -0.3 is 24.4 Å². The Morgan fingerprint density at radius 1 is 0.933 bits per heavy atom. The highest BCUT2D eigenvalue weighted by atomic mass is 16.6. The third kappa shape index (κ3) is 2.89. The Hall–Kier alpha value is -0.200. The van der Waals surface area contributed by atoms with Crippen LogP contribution in [-0.2, 0) is 14.2 Å². The van der Waals surface area contributed by atoms with Crippen LogP contribution in [0.15, 0.2) is 0 Å². The summed E-state index contributed by atoms with van der Waals surface area (Å²) in [5.74, 6) is 0. The molecule has 1 aliphatic heterocycles. The molecule has 1 fully saturated rings. The first-order valence-corrected chi connectivity index (χ1v) is 5.38. The molecule has 1 heterocycles. The maximum absolute atomic E-state index is 9.12. The summed E-state index contributed by atoms with van der Waals surface area (Å²) in [6, 6.07) is 0. The van der Waals surface area contributed by atoms with E-state index in [0.717, 1.165) is 0 Å². The van der Waals surface area contributed by atoms with Gasteiger partial charge in [0, 0.05) is 13.2 Å². The molecule has 5 nitrogen and oxygen atoms in total. The largest absolute Gasteiger partial charge is 0.394 e. The molecule has 2 N–H and O–H groups in total. The molecule has 1 rings (SSSR count). The molecular weight excluding hydrogens is 200 g/mol. The molecule has 0 saturated carbocycles. The van der Waals surface area contributed by atoms with Gasteiger partial charge in [0.2, 0.25) is 0 Å². The zero-order chi connectivity index (χ0) is 11.3. The zero-order valence-electron chi connectivity index (χ0n) is 9.26. The van der Waals surface area contributed by atoms with Crippen LogP contribution in [0, 0.1) is 0 Å². The van der Waals surface area contributed by atoms with Crippen LogP contribution in [0.5, 0.6) is 0 Å². The first-order valence-electron chi connectivity index (χ1n) is 5.38. The van der Waals surface area contributed by atoms with Crippen molar-refractivity contribution in [2.45, 2.75) is 38.3 Å². The number of hydrogen-bond acceptors (Lipinski definition) is 5. The Balaban J connectivity index is 2.65. The van der Waals surface area contributed by atoms with Crippen molar-refractivity contribution in [2.24, 2.45) is 0 Å². The van der Waals surface area contributed by atoms with Gasteiger partial charge in [-0.15, -0.1) is 0 Å². The second-order valence-corrected chi connectivity index (χ2v) is 3.42. The summed E-state index contributed by atoms with van der Waals surface area (Å²) in [7, 11) is 0. The Bertz CT molecular complexity index is 157. The van der Waals surface area contributed by atoms with Crippen LogP contribution in [0.1, 0.15) is 13.8 Å². The minimum absolute atomic E-state index is 0.120. The summed E-state index contributed by atoms with van der Waals surface area (Å²) >= 11 is 0. The lowest BCUT2D eigenvalue weighted by Crippen LogP contribution is -2.39. The van der Waals surface area contributed by atoms with Crippen LogP contribution < -0.4 is 0 Å². The molecule has 0 aromatic heterocycles. The average molecular weight is 220 g/mol. The molecule has 0 aromatic carbocycles. The van der Waals surface area contributed by atoms with Gasteiger partial charge in [-0.3, -0.25) is 0 Å². The lowest BCUT2D eigenvalue weighted by atomic mass is 10.1. The summed E-state index contributed by atoms with van der Waals surface area (Å²) in [5, 5.41) is 18.2. The molecule has 1 aliphatic rings. The van der Waals surface area contributed by atoms with E-state index in [2.05, 4.69) is 0 Å². The van der Waals surface area contributed by atoms with Gasteiger partial charge in [0.05, 0.1) is 13.2 Å². The van der Waals surface area contributed by atoms with E-state index in [0.29, 0.717) is 13.2 Å². The smallest absolute Gasteiger partial charge is 0.115 e. The van der Waals surface area contributed by atoms with Crippen molar-refractivity contribution in [1.82, 2.24) is 0 Å². The van der Waals surface area contributed by atoms with Gasteiger partial charge >= 0.3 is 0 Å². The minimum Gasteiger partial charge on any atom is -0.394 e. The molecule has 0 aliphatic carbocycles. The van der Waals surface area contributed by atoms with Crippen molar-refractivity contribution in [3.05, 3.63) is 0 Å². The van der Waals surface area contributed by atoms with Crippen molar-refractivity contribution in [3.8, 4) is 0 Å². The van der Waals surface area contributed by atoms with Crippen LogP contribution >= 0.6 is 0 Å². The van der Waals surface area contributed by atoms with E-state index in [1.165, 1.54) is 0 Å². The standard InChI is InChI=1S/C10H20O5/c1-3-13-9-7(5-11)15-8(6-12)10(9)14-4-2/h7-12H,3-6H2,1-2H3/t7-,8+,9-,10-/m1/s1. The predicted octanol–water partition coefficient (Wildman–Crippen LogP) is -0.451. The Morgan fingerprint density at radius 2 is 1.33 bits per heavy atom. The first-order chi connectivity index (χ1) is 7.28. The van der Waals surface area contributed by atoms with Gasteiger partial charge in [-0.25, -0.2) is 0 Å². The molecule has 1 saturated heterocycles. The molecule has 0 bridgehead atoms. The summed E-state index contributed by atoms with van der Waals surface area (Å²) in [6.07, 6.45) is -1.40. The highest BCUT2D eigenvalue weighted by Crippen LogP contribution is 2.26. The highest BCUT2D eigenvalue weighted by molar-refractivity contribution is 4.92. The molecular formula is C10H20O5. The van der Waals surface area contributed by atoms with Gasteiger partial charge in [-0.1, -0.05) is 0 Å². The average Bonchev–Trinajstić information content (AvgIpc) is 2.58. The van der Waals surface area contributed by atoms with E-state index in [1.54, 1.807) is 0 Å². The second-order valence-electron chi connectivity index (χ2n) is 3.42. The highest BCUT2D eigenvalue weighted by Gasteiger charge is 2.45. The van der Waals surface area contributed by atoms with Crippen LogP contribution in [0.3, 0.4) is 0 Å². The van der Waals surface area contributed by atoms with Gasteiger partial charge in [0.1, 0.15) is 24.4 Å². The predicted molar refractivity (Wildman–Crippen MR) is 53.7 cm³/mol. The van der Waals surface area contributed by atoms with Crippen LogP contribution in [-0.4, -0.2) is 61.1 Å².